The van der Waals surface area contributed by atoms with E-state index in [1.807, 2.05) is 65.8 Å². The van der Waals surface area contributed by atoms with Crippen molar-refractivity contribution < 1.29 is 43.2 Å². The number of nitrogens with zero attached hydrogens (tertiary/aromatic N) is 2. The number of ether oxygens (including phenoxy) is 1. The molecule has 0 amide bonds. The number of aromatic nitrogens is 2. The molecule has 27 heavy (non-hydrogen) atoms. The lowest BCUT2D eigenvalue weighted by atomic mass is 9.73. The highest BCUT2D eigenvalue weighted by atomic mass is 127. The second-order valence-electron chi connectivity index (χ2n) is 7.25. The van der Waals surface area contributed by atoms with E-state index in [4.69, 9.17) is 4.74 Å². The number of aryl methyl sites for hydroxylation is 1. The van der Waals surface area contributed by atoms with Crippen LogP contribution in [0.4, 0.5) is 0 Å². The normalized spacial score (nSPS) is 17.0. The van der Waals surface area contributed by atoms with E-state index in [1.54, 1.807) is 0 Å². The maximum Gasteiger partial charge on any atom is 0.343 e. The van der Waals surface area contributed by atoms with Crippen LogP contribution in [0.15, 0.2) is 42.7 Å². The summed E-state index contributed by atoms with van der Waals surface area (Å²) in [5.41, 5.74) is -0.918. The molecule has 0 saturated heterocycles. The van der Waals surface area contributed by atoms with Gasteiger partial charge in [-0.3, -0.25) is 0 Å². The number of imidazole rings is 1. The van der Waals surface area contributed by atoms with Crippen molar-refractivity contribution in [1.82, 2.24) is 4.57 Å². The summed E-state index contributed by atoms with van der Waals surface area (Å²) in [6.07, 6.45) is 8.91. The number of rotatable bonds is 6. The maximum atomic E-state index is 13.0. The first kappa shape index (κ1) is 21.9. The van der Waals surface area contributed by atoms with Crippen LogP contribution >= 0.6 is 0 Å². The Bertz CT molecular complexity index is 741. The van der Waals surface area contributed by atoms with Crippen LogP contribution in [0.5, 0.6) is 0 Å². The molecule has 148 valence electrons. The molecule has 1 heterocycles. The third kappa shape index (κ3) is 4.71. The van der Waals surface area contributed by atoms with Crippen molar-refractivity contribution in [1.29, 1.82) is 0 Å². The predicted octanol–water partition coefficient (Wildman–Crippen LogP) is -0.364. The van der Waals surface area contributed by atoms with Gasteiger partial charge >= 0.3 is 5.97 Å². The topological polar surface area (TPSA) is 55.3 Å². The first-order valence-corrected chi connectivity index (χ1v) is 9.50. The molecule has 1 saturated carbocycles. The van der Waals surface area contributed by atoms with Crippen LogP contribution in [-0.4, -0.2) is 22.2 Å². The largest absolute Gasteiger partial charge is 1.00 e. The maximum absolute atomic E-state index is 13.0. The lowest BCUT2D eigenvalue weighted by molar-refractivity contribution is -0.677. The van der Waals surface area contributed by atoms with E-state index >= 15 is 0 Å². The first-order chi connectivity index (χ1) is 12.5. The van der Waals surface area contributed by atoms with Crippen LogP contribution in [0.3, 0.4) is 0 Å². The number of halogens is 1. The monoisotopic (exact) mass is 484 g/mol. The Morgan fingerprint density at radius 3 is 2.52 bits per heavy atom. The van der Waals surface area contributed by atoms with Crippen molar-refractivity contribution in [2.45, 2.75) is 51.2 Å². The van der Waals surface area contributed by atoms with Crippen LogP contribution in [0.25, 0.3) is 0 Å². The Kier molecular flexibility index (Phi) is 7.85. The van der Waals surface area contributed by atoms with E-state index in [1.165, 1.54) is 6.42 Å². The van der Waals surface area contributed by atoms with Crippen molar-refractivity contribution in [3.63, 3.8) is 0 Å². The number of hydrogen-bond donors (Lipinski definition) is 1. The highest BCUT2D eigenvalue weighted by Gasteiger charge is 2.47. The third-order valence-corrected chi connectivity index (χ3v) is 5.68. The molecule has 0 bridgehead atoms. The minimum absolute atomic E-state index is 0. The van der Waals surface area contributed by atoms with Crippen molar-refractivity contribution in [2.75, 3.05) is 6.61 Å². The van der Waals surface area contributed by atoms with E-state index in [0.717, 1.165) is 31.5 Å². The average molecular weight is 484 g/mol. The van der Waals surface area contributed by atoms with Gasteiger partial charge in [0.2, 0.25) is 0 Å². The molecule has 1 unspecified atom stereocenters. The highest BCUT2D eigenvalue weighted by Crippen LogP contribution is 2.40. The fourth-order valence-electron chi connectivity index (χ4n) is 3.91. The summed E-state index contributed by atoms with van der Waals surface area (Å²) in [7, 11) is 1.98. The quantitative estimate of drug-likeness (QED) is 0.346. The molecule has 3 rings (SSSR count). The second kappa shape index (κ2) is 9.68. The van der Waals surface area contributed by atoms with Crippen LogP contribution in [-0.2, 0) is 28.7 Å². The Labute approximate surface area is 178 Å². The van der Waals surface area contributed by atoms with Gasteiger partial charge in [-0.1, -0.05) is 49.6 Å². The lowest BCUT2D eigenvalue weighted by Crippen LogP contribution is -3.00. The molecule has 0 spiro atoms. The van der Waals surface area contributed by atoms with Gasteiger partial charge in [-0.15, -0.1) is 0 Å². The fourth-order valence-corrected chi connectivity index (χ4v) is 3.91. The second-order valence-corrected chi connectivity index (χ2v) is 7.25. The van der Waals surface area contributed by atoms with Gasteiger partial charge in [-0.25, -0.2) is 13.9 Å². The standard InChI is InChI=1S/C21H29N2O3.HI/c1-17-22(2)13-14-23(17)15-16-26-20(24)21(25,18-9-5-3-6-10-18)19-11-7-4-8-12-19;/h3,5-6,9-10,13-14,19,25H,4,7-8,11-12,15-16H2,1-2H3;1H/q+1;/p-1. The van der Waals surface area contributed by atoms with Crippen molar-refractivity contribution in [2.24, 2.45) is 13.0 Å². The number of carbonyl (C=O) groups excluding carboxylic acids is 1. The smallest absolute Gasteiger partial charge is 0.343 e. The van der Waals surface area contributed by atoms with Crippen LogP contribution in [0.1, 0.15) is 43.5 Å². The van der Waals surface area contributed by atoms with E-state index in [2.05, 4.69) is 0 Å². The molecule has 1 atom stereocenters. The van der Waals surface area contributed by atoms with Gasteiger partial charge in [0.15, 0.2) is 5.60 Å². The zero-order valence-electron chi connectivity index (χ0n) is 16.1. The summed E-state index contributed by atoms with van der Waals surface area (Å²) in [4.78, 5) is 13.0. The third-order valence-electron chi connectivity index (χ3n) is 5.68. The molecule has 1 aliphatic rings. The van der Waals surface area contributed by atoms with E-state index in [0.29, 0.717) is 12.1 Å². The molecule has 1 aromatic heterocycles. The summed E-state index contributed by atoms with van der Waals surface area (Å²) in [5.74, 6) is 0.480. The Balaban J connectivity index is 0.00000261. The summed E-state index contributed by atoms with van der Waals surface area (Å²) in [6, 6.07) is 9.27. The minimum Gasteiger partial charge on any atom is -1.00 e. The minimum atomic E-state index is -1.56. The average Bonchev–Trinajstić information content (AvgIpc) is 3.01. The molecule has 0 aliphatic heterocycles. The van der Waals surface area contributed by atoms with Crippen molar-refractivity contribution in [3.8, 4) is 0 Å². The van der Waals surface area contributed by atoms with Gasteiger partial charge in [-0.2, -0.15) is 0 Å². The van der Waals surface area contributed by atoms with Crippen LogP contribution < -0.4 is 28.5 Å². The van der Waals surface area contributed by atoms with E-state index < -0.39 is 11.6 Å². The molecule has 2 aromatic rings. The Morgan fingerprint density at radius 1 is 1.26 bits per heavy atom. The first-order valence-electron chi connectivity index (χ1n) is 9.50. The number of carbonyl (C=O) groups is 1. The van der Waals surface area contributed by atoms with Gasteiger partial charge in [0, 0.05) is 12.8 Å². The fraction of sp³-hybridized carbons (Fsp3) is 0.524. The molecule has 5 nitrogen and oxygen atoms in total. The Hall–Kier alpha value is -1.41. The number of aliphatic hydroxyl groups is 1. The van der Waals surface area contributed by atoms with Gasteiger partial charge in [0.05, 0.1) is 7.05 Å². The molecule has 1 N–H and O–H groups in total. The predicted molar refractivity (Wildman–Crippen MR) is 98.2 cm³/mol. The summed E-state index contributed by atoms with van der Waals surface area (Å²) in [5, 5.41) is 11.4. The van der Waals surface area contributed by atoms with Crippen LogP contribution in [0.2, 0.25) is 0 Å². The zero-order valence-corrected chi connectivity index (χ0v) is 18.3. The molecular formula is C21H29IN2O3. The Morgan fingerprint density at radius 2 is 1.93 bits per heavy atom. The molecule has 0 radical (unpaired) electrons. The lowest BCUT2D eigenvalue weighted by Gasteiger charge is -2.36. The number of hydrogen-bond acceptors (Lipinski definition) is 3. The molecule has 6 heteroatoms. The van der Waals surface area contributed by atoms with Crippen LogP contribution in [0, 0.1) is 12.8 Å². The highest BCUT2D eigenvalue weighted by molar-refractivity contribution is 5.81. The van der Waals surface area contributed by atoms with Gasteiger partial charge in [-0.05, 0) is 18.4 Å². The van der Waals surface area contributed by atoms with Gasteiger partial charge in [0.25, 0.3) is 5.82 Å². The van der Waals surface area contributed by atoms with E-state index in [-0.39, 0.29) is 36.5 Å². The molecular weight excluding hydrogens is 455 g/mol. The summed E-state index contributed by atoms with van der Waals surface area (Å²) >= 11 is 0. The van der Waals surface area contributed by atoms with Gasteiger partial charge < -0.3 is 33.8 Å². The summed E-state index contributed by atoms with van der Waals surface area (Å²) < 4.78 is 9.62. The van der Waals surface area contributed by atoms with E-state index in [9.17, 15) is 9.90 Å². The number of esters is 1. The van der Waals surface area contributed by atoms with Crippen molar-refractivity contribution >= 4 is 5.97 Å². The molecule has 1 aliphatic carbocycles. The number of benzene rings is 1. The van der Waals surface area contributed by atoms with Crippen molar-refractivity contribution in [3.05, 3.63) is 54.1 Å². The van der Waals surface area contributed by atoms with Gasteiger partial charge in [0.1, 0.15) is 25.5 Å². The summed E-state index contributed by atoms with van der Waals surface area (Å²) in [6.45, 7) is 2.84. The SMILES string of the molecule is Cc1n(CCOC(=O)C(O)(c2ccccc2)C2CCCCC2)cc[n+]1C.[I-]. The molecule has 1 fully saturated rings. The molecule has 1 aromatic carbocycles. The zero-order chi connectivity index (χ0) is 18.6.